The molecule has 0 unspecified atom stereocenters. The molecule has 108 valence electrons. The van der Waals surface area contributed by atoms with Crippen molar-refractivity contribution in [3.63, 3.8) is 0 Å². The predicted octanol–water partition coefficient (Wildman–Crippen LogP) is 3.42. The molecular formula is C14H14N4OS2. The lowest BCUT2D eigenvalue weighted by molar-refractivity contribution is 0.112. The average Bonchev–Trinajstić information content (AvgIpc) is 2.54. The van der Waals surface area contributed by atoms with Crippen molar-refractivity contribution in [3.05, 3.63) is 29.8 Å². The molecule has 0 saturated carbocycles. The van der Waals surface area contributed by atoms with Gasteiger partial charge in [0.05, 0.1) is 11.1 Å². The number of nitrogens with one attached hydrogen (secondary N) is 2. The molecule has 1 aromatic heterocycles. The summed E-state index contributed by atoms with van der Waals surface area (Å²) in [6.45, 7) is 0. The number of rotatable bonds is 6. The molecule has 0 aliphatic heterocycles. The van der Waals surface area contributed by atoms with E-state index in [1.54, 1.807) is 18.8 Å². The van der Waals surface area contributed by atoms with E-state index >= 15 is 0 Å². The third-order valence-electron chi connectivity index (χ3n) is 2.78. The summed E-state index contributed by atoms with van der Waals surface area (Å²) in [5, 5.41) is 10.6. The lowest BCUT2D eigenvalue weighted by Crippen LogP contribution is -2.04. The number of nitrogens with zero attached hydrogens (tertiary/aromatic N) is 2. The van der Waals surface area contributed by atoms with Crippen molar-refractivity contribution < 1.29 is 4.79 Å². The summed E-state index contributed by atoms with van der Waals surface area (Å²) in [6, 6.07) is 7.89. The van der Waals surface area contributed by atoms with Gasteiger partial charge < -0.3 is 10.7 Å². The van der Waals surface area contributed by atoms with E-state index in [0.717, 1.165) is 27.8 Å². The van der Waals surface area contributed by atoms with Gasteiger partial charge in [0.1, 0.15) is 10.8 Å². The van der Waals surface area contributed by atoms with Crippen molar-refractivity contribution in [2.75, 3.05) is 18.6 Å². The molecule has 0 aliphatic carbocycles. The first kappa shape index (κ1) is 15.5. The van der Waals surface area contributed by atoms with Gasteiger partial charge in [0.25, 0.3) is 0 Å². The first-order valence-corrected chi connectivity index (χ1v) is 8.19. The topological polar surface area (TPSA) is 78.7 Å². The summed E-state index contributed by atoms with van der Waals surface area (Å²) in [4.78, 5) is 21.1. The Balaban J connectivity index is 2.54. The van der Waals surface area contributed by atoms with Crippen LogP contribution in [-0.4, -0.2) is 35.1 Å². The predicted molar refractivity (Wildman–Crippen MR) is 88.8 cm³/mol. The largest absolute Gasteiger partial charge is 0.372 e. The molecule has 1 heterocycles. The molecule has 0 fully saturated rings. The third kappa shape index (κ3) is 3.43. The van der Waals surface area contributed by atoms with E-state index in [9.17, 15) is 4.79 Å². The minimum atomic E-state index is 0.371. The highest BCUT2D eigenvalue weighted by atomic mass is 32.2. The summed E-state index contributed by atoms with van der Waals surface area (Å²) < 4.78 is 0. The summed E-state index contributed by atoms with van der Waals surface area (Å²) in [5.41, 5.74) is 2.39. The molecule has 0 bridgehead atoms. The van der Waals surface area contributed by atoms with Crippen LogP contribution in [0, 0.1) is 5.41 Å². The van der Waals surface area contributed by atoms with Gasteiger partial charge in [-0.2, -0.15) is 0 Å². The van der Waals surface area contributed by atoms with E-state index in [4.69, 9.17) is 5.41 Å². The SMILES string of the molecule is CNc1nc(-c2ccc(SC)cc2)nc(SC=N)c1C=O. The maximum absolute atomic E-state index is 11.2. The second-order valence-electron chi connectivity index (χ2n) is 3.95. The second kappa shape index (κ2) is 7.24. The summed E-state index contributed by atoms with van der Waals surface area (Å²) in [5.74, 6) is 0.996. The lowest BCUT2D eigenvalue weighted by atomic mass is 10.2. The number of hydrogen-bond acceptors (Lipinski definition) is 7. The van der Waals surface area contributed by atoms with Crippen LogP contribution in [-0.2, 0) is 0 Å². The van der Waals surface area contributed by atoms with Gasteiger partial charge in [0.2, 0.25) is 0 Å². The zero-order chi connectivity index (χ0) is 15.2. The Morgan fingerprint density at radius 2 is 1.95 bits per heavy atom. The monoisotopic (exact) mass is 318 g/mol. The van der Waals surface area contributed by atoms with Gasteiger partial charge >= 0.3 is 0 Å². The van der Waals surface area contributed by atoms with E-state index in [1.807, 2.05) is 30.5 Å². The van der Waals surface area contributed by atoms with Gasteiger partial charge in [-0.15, -0.1) is 11.8 Å². The molecule has 2 rings (SSSR count). The van der Waals surface area contributed by atoms with Gasteiger partial charge in [0.15, 0.2) is 12.1 Å². The van der Waals surface area contributed by atoms with E-state index in [-0.39, 0.29) is 0 Å². The Kier molecular flexibility index (Phi) is 5.35. The zero-order valence-corrected chi connectivity index (χ0v) is 13.2. The molecule has 0 aliphatic rings. The molecule has 5 nitrogen and oxygen atoms in total. The van der Waals surface area contributed by atoms with Crippen LogP contribution < -0.4 is 5.32 Å². The molecule has 21 heavy (non-hydrogen) atoms. The molecule has 0 radical (unpaired) electrons. The van der Waals surface area contributed by atoms with Crippen LogP contribution in [0.2, 0.25) is 0 Å². The van der Waals surface area contributed by atoms with Crippen molar-refractivity contribution in [2.45, 2.75) is 9.92 Å². The molecule has 0 amide bonds. The first-order chi connectivity index (χ1) is 10.2. The van der Waals surface area contributed by atoms with Gasteiger partial charge in [-0.3, -0.25) is 4.79 Å². The van der Waals surface area contributed by atoms with Crippen LogP contribution in [0.4, 0.5) is 5.82 Å². The smallest absolute Gasteiger partial charge is 0.162 e. The molecular weight excluding hydrogens is 304 g/mol. The number of anilines is 1. The Labute approximate surface area is 131 Å². The van der Waals surface area contributed by atoms with Crippen molar-refractivity contribution in [2.24, 2.45) is 0 Å². The molecule has 7 heteroatoms. The van der Waals surface area contributed by atoms with Crippen molar-refractivity contribution in [3.8, 4) is 11.4 Å². The van der Waals surface area contributed by atoms with E-state index in [2.05, 4.69) is 15.3 Å². The maximum atomic E-state index is 11.2. The third-order valence-corrected chi connectivity index (χ3v) is 4.18. The number of aromatic nitrogens is 2. The van der Waals surface area contributed by atoms with Crippen molar-refractivity contribution in [1.29, 1.82) is 5.41 Å². The van der Waals surface area contributed by atoms with Crippen LogP contribution in [0.1, 0.15) is 10.4 Å². The highest BCUT2D eigenvalue weighted by Crippen LogP contribution is 2.27. The van der Waals surface area contributed by atoms with Crippen LogP contribution in [0.5, 0.6) is 0 Å². The van der Waals surface area contributed by atoms with E-state index < -0.39 is 0 Å². The number of benzene rings is 1. The fourth-order valence-electron chi connectivity index (χ4n) is 1.76. The fourth-order valence-corrected chi connectivity index (χ4v) is 2.69. The average molecular weight is 318 g/mol. The molecule has 1 aromatic carbocycles. The van der Waals surface area contributed by atoms with Crippen molar-refractivity contribution >= 4 is 41.2 Å². The van der Waals surface area contributed by atoms with Crippen LogP contribution in [0.15, 0.2) is 34.2 Å². The molecule has 0 saturated heterocycles. The number of aldehydes is 1. The number of carbonyl (C=O) groups is 1. The van der Waals surface area contributed by atoms with Crippen LogP contribution in [0.3, 0.4) is 0 Å². The molecule has 0 atom stereocenters. The van der Waals surface area contributed by atoms with Crippen LogP contribution in [0.25, 0.3) is 11.4 Å². The molecule has 2 N–H and O–H groups in total. The fraction of sp³-hybridized carbons (Fsp3) is 0.143. The minimum absolute atomic E-state index is 0.371. The van der Waals surface area contributed by atoms with Crippen molar-refractivity contribution in [1.82, 2.24) is 9.97 Å². The number of hydrogen-bond donors (Lipinski definition) is 2. The summed E-state index contributed by atoms with van der Waals surface area (Å²) in [7, 11) is 1.70. The number of thioether (sulfide) groups is 2. The quantitative estimate of drug-likeness (QED) is 0.279. The number of carbonyl (C=O) groups excluding carboxylic acids is 1. The molecule has 0 spiro atoms. The normalized spacial score (nSPS) is 10.2. The van der Waals surface area contributed by atoms with E-state index in [0.29, 0.717) is 28.5 Å². The highest BCUT2D eigenvalue weighted by molar-refractivity contribution is 8.12. The van der Waals surface area contributed by atoms with Gasteiger partial charge in [0, 0.05) is 17.5 Å². The second-order valence-corrected chi connectivity index (χ2v) is 5.68. The van der Waals surface area contributed by atoms with Gasteiger partial charge in [-0.05, 0) is 18.4 Å². The minimum Gasteiger partial charge on any atom is -0.372 e. The standard InChI is InChI=1S/C14H14N4OS2/c1-16-13-11(7-19)14(21-8-15)18-12(17-13)9-3-5-10(20-2)6-4-9/h3-8,15H,1-2H3,(H,16,17,18). The zero-order valence-electron chi connectivity index (χ0n) is 11.6. The van der Waals surface area contributed by atoms with Crippen LogP contribution >= 0.6 is 23.5 Å². The maximum Gasteiger partial charge on any atom is 0.162 e. The lowest BCUT2D eigenvalue weighted by Gasteiger charge is -2.10. The van der Waals surface area contributed by atoms with Gasteiger partial charge in [-0.25, -0.2) is 9.97 Å². The highest BCUT2D eigenvalue weighted by Gasteiger charge is 2.14. The summed E-state index contributed by atoms with van der Waals surface area (Å²) in [6.07, 6.45) is 2.72. The summed E-state index contributed by atoms with van der Waals surface area (Å²) >= 11 is 2.75. The Morgan fingerprint density at radius 1 is 1.24 bits per heavy atom. The van der Waals surface area contributed by atoms with E-state index in [1.165, 1.54) is 0 Å². The van der Waals surface area contributed by atoms with Gasteiger partial charge in [-0.1, -0.05) is 23.9 Å². The Hall–Kier alpha value is -1.86. The first-order valence-electron chi connectivity index (χ1n) is 6.08. The Morgan fingerprint density at radius 3 is 2.48 bits per heavy atom. The Bertz CT molecular complexity index is 659. The molecule has 2 aromatic rings.